The van der Waals surface area contributed by atoms with Crippen molar-refractivity contribution in [3.8, 4) is 0 Å². The van der Waals surface area contributed by atoms with Gasteiger partial charge in [0.15, 0.2) is 5.82 Å². The second-order valence-electron chi connectivity index (χ2n) is 9.86. The summed E-state index contributed by atoms with van der Waals surface area (Å²) < 4.78 is 0. The number of aliphatic hydroxyl groups is 4. The van der Waals surface area contributed by atoms with E-state index in [-0.39, 0.29) is 26.4 Å². The van der Waals surface area contributed by atoms with Gasteiger partial charge < -0.3 is 46.2 Å². The first-order valence-corrected chi connectivity index (χ1v) is 14.7. The molecule has 1 aliphatic heterocycles. The number of fused-ring (bicyclic) bond motifs is 1. The second-order valence-corrected chi connectivity index (χ2v) is 9.86. The molecule has 0 spiro atoms. The third-order valence-corrected chi connectivity index (χ3v) is 6.95. The zero-order valence-corrected chi connectivity index (χ0v) is 24.0. The van der Waals surface area contributed by atoms with Crippen LogP contribution >= 0.6 is 0 Å². The minimum Gasteiger partial charge on any atom is -0.395 e. The van der Waals surface area contributed by atoms with Gasteiger partial charge in [-0.15, -0.1) is 0 Å². The Hall–Kier alpha value is -1.77. The van der Waals surface area contributed by atoms with Gasteiger partial charge in [-0.25, -0.2) is 4.98 Å². The molecule has 0 saturated heterocycles. The molecule has 0 atom stereocenters. The molecule has 7 N–H and O–H groups in total. The lowest BCUT2D eigenvalue weighted by Crippen LogP contribution is -2.46. The van der Waals surface area contributed by atoms with Gasteiger partial charge in [0.25, 0.3) is 0 Å². The average molecular weight is 555 g/mol. The summed E-state index contributed by atoms with van der Waals surface area (Å²) in [6.45, 7) is 14.8. The fourth-order valence-electron chi connectivity index (χ4n) is 4.91. The highest BCUT2D eigenvalue weighted by atomic mass is 16.3. The molecule has 0 aliphatic carbocycles. The van der Waals surface area contributed by atoms with E-state index in [9.17, 15) is 0 Å². The Bertz CT molecular complexity index is 736. The average Bonchev–Trinajstić information content (AvgIpc) is 2.93. The van der Waals surface area contributed by atoms with Crippen molar-refractivity contribution in [3.63, 3.8) is 0 Å². The normalized spacial score (nSPS) is 13.5. The molecule has 0 amide bonds. The van der Waals surface area contributed by atoms with E-state index in [0.29, 0.717) is 26.2 Å². The minimum absolute atomic E-state index is 0.118. The maximum Gasteiger partial charge on any atom is 0.152 e. The summed E-state index contributed by atoms with van der Waals surface area (Å²) in [5.41, 5.74) is 2.21. The van der Waals surface area contributed by atoms with Crippen LogP contribution in [0, 0.1) is 0 Å². The maximum atomic E-state index is 9.16. The van der Waals surface area contributed by atoms with Gasteiger partial charge in [-0.3, -0.25) is 9.80 Å². The summed E-state index contributed by atoms with van der Waals surface area (Å²) in [6, 6.07) is 2.21. The van der Waals surface area contributed by atoms with E-state index in [1.54, 1.807) is 0 Å². The third-order valence-electron chi connectivity index (χ3n) is 6.95. The van der Waals surface area contributed by atoms with Gasteiger partial charge in [0.2, 0.25) is 0 Å². The van der Waals surface area contributed by atoms with Gasteiger partial charge in [-0.1, -0.05) is 0 Å². The van der Waals surface area contributed by atoms with Crippen molar-refractivity contribution in [2.45, 2.75) is 19.8 Å². The lowest BCUT2D eigenvalue weighted by Gasteiger charge is -2.38. The molecule has 1 aromatic rings. The molecule has 0 bridgehead atoms. The highest BCUT2D eigenvalue weighted by Gasteiger charge is 2.24. The van der Waals surface area contributed by atoms with Crippen LogP contribution in [0.15, 0.2) is 12.3 Å². The van der Waals surface area contributed by atoms with E-state index in [1.807, 2.05) is 6.20 Å². The quantitative estimate of drug-likeness (QED) is 0.0761. The van der Waals surface area contributed by atoms with Crippen molar-refractivity contribution in [2.24, 2.45) is 0 Å². The van der Waals surface area contributed by atoms with Gasteiger partial charge >= 0.3 is 0 Å². The van der Waals surface area contributed by atoms with Gasteiger partial charge in [0.05, 0.1) is 44.0 Å². The number of nitrogens with zero attached hydrogens (tertiary/aromatic N) is 5. The zero-order valence-electron chi connectivity index (χ0n) is 24.0. The van der Waals surface area contributed by atoms with Crippen molar-refractivity contribution in [1.29, 1.82) is 0 Å². The number of hydrogen-bond donors (Lipinski definition) is 7. The van der Waals surface area contributed by atoms with Crippen LogP contribution in [-0.4, -0.2) is 160 Å². The van der Waals surface area contributed by atoms with E-state index in [4.69, 9.17) is 25.4 Å². The molecule has 0 radical (unpaired) electrons. The first-order chi connectivity index (χ1) is 19.2. The molecule has 2 rings (SSSR count). The summed E-state index contributed by atoms with van der Waals surface area (Å²) in [4.78, 5) is 13.8. The largest absolute Gasteiger partial charge is 0.395 e. The van der Waals surface area contributed by atoms with Crippen molar-refractivity contribution in [2.75, 3.05) is 140 Å². The number of pyridine rings is 1. The Morgan fingerprint density at radius 1 is 0.744 bits per heavy atom. The highest BCUT2D eigenvalue weighted by Crippen LogP contribution is 2.32. The predicted molar refractivity (Wildman–Crippen MR) is 159 cm³/mol. The Labute approximate surface area is 235 Å². The molecule has 0 saturated carbocycles. The van der Waals surface area contributed by atoms with Gasteiger partial charge in [0.1, 0.15) is 0 Å². The smallest absolute Gasteiger partial charge is 0.152 e. The summed E-state index contributed by atoms with van der Waals surface area (Å²) in [6.07, 6.45) is 3.87. The van der Waals surface area contributed by atoms with Gasteiger partial charge in [-0.05, 0) is 52.0 Å². The first-order valence-electron chi connectivity index (χ1n) is 14.7. The molecule has 0 unspecified atom stereocenters. The predicted octanol–water partition coefficient (Wildman–Crippen LogP) is -1.33. The highest BCUT2D eigenvalue weighted by molar-refractivity contribution is 5.73. The number of aliphatic hydroxyl groups excluding tert-OH is 4. The Morgan fingerprint density at radius 3 is 1.77 bits per heavy atom. The van der Waals surface area contributed by atoms with Crippen LogP contribution in [0.1, 0.15) is 19.8 Å². The van der Waals surface area contributed by atoms with Crippen molar-refractivity contribution >= 4 is 17.2 Å². The molecule has 39 heavy (non-hydrogen) atoms. The minimum atomic E-state index is 0.118. The summed E-state index contributed by atoms with van der Waals surface area (Å²) in [7, 11) is 0. The van der Waals surface area contributed by atoms with Crippen LogP contribution in [0.4, 0.5) is 17.2 Å². The number of hydrogen-bond acceptors (Lipinski definition) is 12. The van der Waals surface area contributed by atoms with Crippen LogP contribution in [0.5, 0.6) is 0 Å². The number of rotatable bonds is 24. The lowest BCUT2D eigenvalue weighted by molar-refractivity contribution is 0.159. The number of anilines is 3. The summed E-state index contributed by atoms with van der Waals surface area (Å²) in [5, 5.41) is 47.1. The van der Waals surface area contributed by atoms with Crippen molar-refractivity contribution in [3.05, 3.63) is 12.3 Å². The molecular weight excluding hydrogens is 500 g/mol. The molecule has 2 heterocycles. The first kappa shape index (κ1) is 33.4. The Balaban J connectivity index is 1.80. The standard InChI is InChI=1S/C27H54N8O4/c1-2-30-25-23-26-27(31-24-25)35(12-8-29-6-4-10-33(17-21-38)18-22-39)14-13-34(26)11-7-28-5-3-9-32(15-19-36)16-20-37/h23-24,28-30,36-39H,2-22H2,1H3. The number of nitrogens with one attached hydrogen (secondary N) is 3. The van der Waals surface area contributed by atoms with Crippen LogP contribution in [0.2, 0.25) is 0 Å². The van der Waals surface area contributed by atoms with E-state index in [2.05, 4.69) is 48.5 Å². The molecule has 0 fully saturated rings. The SMILES string of the molecule is CCNc1cnc2c(c1)N(CCNCCCN(CCO)CCO)CCN2CCNCCCN(CCO)CCO. The molecular formula is C27H54N8O4. The van der Waals surface area contributed by atoms with Crippen molar-refractivity contribution in [1.82, 2.24) is 25.4 Å². The van der Waals surface area contributed by atoms with Crippen LogP contribution in [0.25, 0.3) is 0 Å². The van der Waals surface area contributed by atoms with Gasteiger partial charge in [0, 0.05) is 72.0 Å². The van der Waals surface area contributed by atoms with Crippen LogP contribution in [0.3, 0.4) is 0 Å². The fraction of sp³-hybridized carbons (Fsp3) is 0.815. The lowest BCUT2D eigenvalue weighted by atomic mass is 10.2. The van der Waals surface area contributed by atoms with Crippen LogP contribution < -0.4 is 25.8 Å². The molecule has 0 aromatic carbocycles. The summed E-state index contributed by atoms with van der Waals surface area (Å²) >= 11 is 0. The third kappa shape index (κ3) is 13.0. The van der Waals surface area contributed by atoms with E-state index >= 15 is 0 Å². The summed E-state index contributed by atoms with van der Waals surface area (Å²) in [5.74, 6) is 1.03. The maximum absolute atomic E-state index is 9.16. The molecule has 1 aliphatic rings. The van der Waals surface area contributed by atoms with Crippen molar-refractivity contribution < 1.29 is 20.4 Å². The van der Waals surface area contributed by atoms with E-state index in [0.717, 1.165) is 96.3 Å². The Morgan fingerprint density at radius 2 is 1.26 bits per heavy atom. The molecule has 12 nitrogen and oxygen atoms in total. The number of aromatic nitrogens is 1. The molecule has 226 valence electrons. The van der Waals surface area contributed by atoms with Gasteiger partial charge in [-0.2, -0.15) is 0 Å². The van der Waals surface area contributed by atoms with Crippen LogP contribution in [-0.2, 0) is 0 Å². The molecule has 12 heteroatoms. The fourth-order valence-corrected chi connectivity index (χ4v) is 4.91. The zero-order chi connectivity index (χ0) is 28.1. The monoisotopic (exact) mass is 554 g/mol. The molecule has 1 aromatic heterocycles. The van der Waals surface area contributed by atoms with E-state index < -0.39 is 0 Å². The Kier molecular flexibility index (Phi) is 18.0. The second kappa shape index (κ2) is 21.0. The topological polar surface area (TPSA) is 143 Å². The van der Waals surface area contributed by atoms with E-state index in [1.165, 1.54) is 5.69 Å².